The van der Waals surface area contributed by atoms with Gasteiger partial charge in [0.15, 0.2) is 8.32 Å². The molecule has 1 nitrogen and oxygen atoms in total. The summed E-state index contributed by atoms with van der Waals surface area (Å²) in [5, 5.41) is 1.55. The highest BCUT2D eigenvalue weighted by molar-refractivity contribution is 9.09. The minimum atomic E-state index is -1.57. The summed E-state index contributed by atoms with van der Waals surface area (Å²) in [4.78, 5) is 0. The zero-order valence-electron chi connectivity index (χ0n) is 13.4. The van der Waals surface area contributed by atoms with Gasteiger partial charge in [0.1, 0.15) is 0 Å². The van der Waals surface area contributed by atoms with Crippen LogP contribution in [0.2, 0.25) is 18.1 Å². The van der Waals surface area contributed by atoms with Crippen LogP contribution >= 0.6 is 15.9 Å². The van der Waals surface area contributed by atoms with E-state index in [0.717, 1.165) is 6.61 Å². The van der Waals surface area contributed by atoms with Crippen molar-refractivity contribution >= 4 is 24.2 Å². The maximum Gasteiger partial charge on any atom is 0.192 e. The van der Waals surface area contributed by atoms with Crippen LogP contribution in [0.15, 0.2) is 0 Å². The average Bonchev–Trinajstić information content (AvgIpc) is 2.38. The van der Waals surface area contributed by atoms with Gasteiger partial charge in [-0.25, -0.2) is 0 Å². The molecule has 0 aliphatic heterocycles. The number of halogens is 1. The fourth-order valence-corrected chi connectivity index (χ4v) is 5.25. The molecule has 3 fully saturated rings. The molecule has 0 aromatic rings. The van der Waals surface area contributed by atoms with Gasteiger partial charge in [-0.2, -0.15) is 0 Å². The Morgan fingerprint density at radius 3 is 1.74 bits per heavy atom. The van der Waals surface area contributed by atoms with Crippen LogP contribution in [-0.4, -0.2) is 20.3 Å². The lowest BCUT2D eigenvalue weighted by Gasteiger charge is -2.54. The van der Waals surface area contributed by atoms with E-state index in [1.165, 1.54) is 43.9 Å². The Labute approximate surface area is 129 Å². The monoisotopic (exact) mass is 346 g/mol. The van der Waals surface area contributed by atoms with Crippen molar-refractivity contribution in [1.82, 2.24) is 0 Å². The van der Waals surface area contributed by atoms with Crippen molar-refractivity contribution in [3.05, 3.63) is 0 Å². The second kappa shape index (κ2) is 5.13. The van der Waals surface area contributed by atoms with E-state index in [0.29, 0.717) is 15.9 Å². The Balaban J connectivity index is 1.95. The van der Waals surface area contributed by atoms with Gasteiger partial charge in [0.25, 0.3) is 0 Å². The van der Waals surface area contributed by atoms with Crippen LogP contribution in [-0.2, 0) is 4.43 Å². The van der Waals surface area contributed by atoms with Gasteiger partial charge in [0.2, 0.25) is 0 Å². The largest absolute Gasteiger partial charge is 0.416 e. The molecule has 0 N–H and O–H groups in total. The second-order valence-electron chi connectivity index (χ2n) is 8.68. The zero-order valence-corrected chi connectivity index (χ0v) is 16.0. The molecule has 0 unspecified atom stereocenters. The molecule has 3 heteroatoms. The van der Waals surface area contributed by atoms with E-state index in [-0.39, 0.29) is 0 Å². The van der Waals surface area contributed by atoms with E-state index in [2.05, 4.69) is 49.8 Å². The van der Waals surface area contributed by atoms with Gasteiger partial charge < -0.3 is 4.43 Å². The van der Waals surface area contributed by atoms with Crippen LogP contribution in [0.25, 0.3) is 0 Å². The van der Waals surface area contributed by atoms with Gasteiger partial charge >= 0.3 is 0 Å². The second-order valence-corrected chi connectivity index (χ2v) is 14.1. The lowest BCUT2D eigenvalue weighted by molar-refractivity contribution is -0.0267. The Kier molecular flexibility index (Phi) is 4.33. The predicted molar refractivity (Wildman–Crippen MR) is 89.5 cm³/mol. The normalized spacial score (nSPS) is 35.7. The third-order valence-electron chi connectivity index (χ3n) is 6.39. The van der Waals surface area contributed by atoms with Crippen molar-refractivity contribution in [2.75, 3.05) is 11.9 Å². The molecule has 0 heterocycles. The number of hydrogen-bond acceptors (Lipinski definition) is 1. The molecular weight excluding hydrogens is 316 g/mol. The van der Waals surface area contributed by atoms with Gasteiger partial charge in [-0.3, -0.25) is 0 Å². The number of rotatable bonds is 4. The highest BCUT2D eigenvalue weighted by Gasteiger charge is 2.49. The van der Waals surface area contributed by atoms with Crippen LogP contribution in [0.1, 0.15) is 59.3 Å². The van der Waals surface area contributed by atoms with Crippen molar-refractivity contribution < 1.29 is 4.43 Å². The van der Waals surface area contributed by atoms with Crippen LogP contribution in [0.3, 0.4) is 0 Å². The maximum absolute atomic E-state index is 6.55. The SMILES string of the molecule is CC(C)(C)[Si](C)(C)OCC12CCC(CBr)(CC1)CC2. The molecule has 3 aliphatic rings. The van der Waals surface area contributed by atoms with Gasteiger partial charge in [-0.1, -0.05) is 36.7 Å². The van der Waals surface area contributed by atoms with Gasteiger partial charge in [0, 0.05) is 11.9 Å². The number of hydrogen-bond donors (Lipinski definition) is 0. The van der Waals surface area contributed by atoms with Gasteiger partial charge in [0.05, 0.1) is 0 Å². The molecule has 3 saturated carbocycles. The van der Waals surface area contributed by atoms with Crippen molar-refractivity contribution in [2.24, 2.45) is 10.8 Å². The van der Waals surface area contributed by atoms with Crippen LogP contribution < -0.4 is 0 Å². The Morgan fingerprint density at radius 1 is 0.947 bits per heavy atom. The summed E-state index contributed by atoms with van der Waals surface area (Å²) in [6.07, 6.45) is 8.44. The zero-order chi connectivity index (χ0) is 14.4. The minimum Gasteiger partial charge on any atom is -0.416 e. The molecule has 3 rings (SSSR count). The highest BCUT2D eigenvalue weighted by Crippen LogP contribution is 2.57. The fraction of sp³-hybridized carbons (Fsp3) is 1.00. The van der Waals surface area contributed by atoms with Crippen molar-refractivity contribution in [1.29, 1.82) is 0 Å². The molecule has 3 aliphatic carbocycles. The van der Waals surface area contributed by atoms with Crippen LogP contribution in [0.4, 0.5) is 0 Å². The Bertz CT molecular complexity index is 308. The number of fused-ring (bicyclic) bond motifs is 3. The highest BCUT2D eigenvalue weighted by atomic mass is 79.9. The summed E-state index contributed by atoms with van der Waals surface area (Å²) in [6, 6.07) is 0. The summed E-state index contributed by atoms with van der Waals surface area (Å²) in [7, 11) is -1.57. The molecule has 0 radical (unpaired) electrons. The third-order valence-corrected chi connectivity index (χ3v) is 12.1. The summed E-state index contributed by atoms with van der Waals surface area (Å²) in [6.45, 7) is 12.8. The summed E-state index contributed by atoms with van der Waals surface area (Å²) in [5.74, 6) is 0. The van der Waals surface area contributed by atoms with Crippen molar-refractivity contribution in [3.8, 4) is 0 Å². The summed E-state index contributed by atoms with van der Waals surface area (Å²) < 4.78 is 6.55. The molecule has 0 amide bonds. The van der Waals surface area contributed by atoms with Gasteiger partial charge in [-0.15, -0.1) is 0 Å². The lowest BCUT2D eigenvalue weighted by Crippen LogP contribution is -2.49. The van der Waals surface area contributed by atoms with Crippen molar-refractivity contribution in [2.45, 2.75) is 77.4 Å². The molecule has 0 saturated heterocycles. The molecule has 0 aromatic heterocycles. The van der Waals surface area contributed by atoms with Crippen LogP contribution in [0, 0.1) is 10.8 Å². The quantitative estimate of drug-likeness (QED) is 0.465. The first-order valence-electron chi connectivity index (χ1n) is 7.84. The van der Waals surface area contributed by atoms with E-state index >= 15 is 0 Å². The predicted octanol–water partition coefficient (Wildman–Crippen LogP) is 5.74. The smallest absolute Gasteiger partial charge is 0.192 e. The standard InChI is InChI=1S/C16H31BrOSi/c1-14(2,3)19(4,5)18-13-16-9-6-15(12-17,7-10-16)8-11-16/h6-13H2,1-5H3. The van der Waals surface area contributed by atoms with E-state index in [1.54, 1.807) is 0 Å². The summed E-state index contributed by atoms with van der Waals surface area (Å²) >= 11 is 3.74. The molecule has 0 spiro atoms. The minimum absolute atomic E-state index is 0.340. The van der Waals surface area contributed by atoms with E-state index in [1.807, 2.05) is 0 Å². The molecule has 0 atom stereocenters. The van der Waals surface area contributed by atoms with E-state index in [9.17, 15) is 0 Å². The Morgan fingerprint density at radius 2 is 1.37 bits per heavy atom. The lowest BCUT2D eigenvalue weighted by atomic mass is 9.55. The fourth-order valence-electron chi connectivity index (χ4n) is 3.31. The molecular formula is C16H31BrOSi. The topological polar surface area (TPSA) is 9.23 Å². The first-order chi connectivity index (χ1) is 8.64. The van der Waals surface area contributed by atoms with Gasteiger partial charge in [-0.05, 0) is 67.5 Å². The Hall–Kier alpha value is 0.657. The third kappa shape index (κ3) is 3.13. The number of alkyl halides is 1. The van der Waals surface area contributed by atoms with Crippen molar-refractivity contribution in [3.63, 3.8) is 0 Å². The molecule has 0 aromatic carbocycles. The molecule has 19 heavy (non-hydrogen) atoms. The van der Waals surface area contributed by atoms with E-state index in [4.69, 9.17) is 4.43 Å². The summed E-state index contributed by atoms with van der Waals surface area (Å²) in [5.41, 5.74) is 1.16. The average molecular weight is 347 g/mol. The maximum atomic E-state index is 6.55. The molecule has 112 valence electrons. The van der Waals surface area contributed by atoms with E-state index < -0.39 is 8.32 Å². The first-order valence-corrected chi connectivity index (χ1v) is 11.9. The first kappa shape index (κ1) is 16.0. The molecule has 2 bridgehead atoms. The van der Waals surface area contributed by atoms with Crippen LogP contribution in [0.5, 0.6) is 0 Å².